The standard InChI is InChI=1S/C26H26N2O7/c1-33-22-6-4-3-5-20(22)28-26(32)18-9-11-19(12-10-18)27-24(30)16-35-25(31)14-8-17-7-13-23(34-2)21(29)15-17/h3-7,9-13,15,29H,8,14,16H2,1-2H3,(H,27,30)(H,28,32). The highest BCUT2D eigenvalue weighted by atomic mass is 16.5. The Bertz CT molecular complexity index is 1190. The molecule has 0 atom stereocenters. The lowest BCUT2D eigenvalue weighted by Gasteiger charge is -2.10. The molecular formula is C26H26N2O7. The molecule has 9 heteroatoms. The van der Waals surface area contributed by atoms with Gasteiger partial charge in [-0.25, -0.2) is 0 Å². The van der Waals surface area contributed by atoms with Gasteiger partial charge in [0.2, 0.25) is 0 Å². The molecule has 3 aromatic rings. The first-order valence-electron chi connectivity index (χ1n) is 10.8. The molecule has 0 fully saturated rings. The summed E-state index contributed by atoms with van der Waals surface area (Å²) in [5.74, 6) is -0.502. The molecule has 3 aromatic carbocycles. The molecule has 0 unspecified atom stereocenters. The number of hydrogen-bond donors (Lipinski definition) is 3. The van der Waals surface area contributed by atoms with Crippen molar-refractivity contribution in [3.05, 3.63) is 77.9 Å². The molecule has 9 nitrogen and oxygen atoms in total. The van der Waals surface area contributed by atoms with Crippen LogP contribution in [0.5, 0.6) is 17.2 Å². The fourth-order valence-electron chi connectivity index (χ4n) is 3.20. The van der Waals surface area contributed by atoms with Gasteiger partial charge in [0.05, 0.1) is 19.9 Å². The molecule has 3 rings (SSSR count). The summed E-state index contributed by atoms with van der Waals surface area (Å²) >= 11 is 0. The highest BCUT2D eigenvalue weighted by molar-refractivity contribution is 6.05. The molecule has 0 bridgehead atoms. The first-order chi connectivity index (χ1) is 16.9. The zero-order chi connectivity index (χ0) is 25.2. The summed E-state index contributed by atoms with van der Waals surface area (Å²) in [5, 5.41) is 15.2. The van der Waals surface area contributed by atoms with Crippen LogP contribution < -0.4 is 20.1 Å². The number of aryl methyl sites for hydroxylation is 1. The van der Waals surface area contributed by atoms with Gasteiger partial charge in [0.25, 0.3) is 11.8 Å². The average molecular weight is 479 g/mol. The Kier molecular flexibility index (Phi) is 8.66. The average Bonchev–Trinajstić information content (AvgIpc) is 2.87. The Morgan fingerprint density at radius 3 is 2.26 bits per heavy atom. The van der Waals surface area contributed by atoms with Gasteiger partial charge >= 0.3 is 5.97 Å². The predicted octanol–water partition coefficient (Wildman–Crippen LogP) is 3.78. The van der Waals surface area contributed by atoms with Crippen molar-refractivity contribution in [2.75, 3.05) is 31.5 Å². The smallest absolute Gasteiger partial charge is 0.306 e. The maximum absolute atomic E-state index is 12.5. The zero-order valence-corrected chi connectivity index (χ0v) is 19.4. The number of carbonyl (C=O) groups excluding carboxylic acids is 3. The van der Waals surface area contributed by atoms with E-state index in [1.165, 1.54) is 20.3 Å². The molecule has 0 aliphatic heterocycles. The summed E-state index contributed by atoms with van der Waals surface area (Å²) in [6.07, 6.45) is 0.394. The van der Waals surface area contributed by atoms with Crippen molar-refractivity contribution in [3.8, 4) is 17.2 Å². The Morgan fingerprint density at radius 1 is 0.857 bits per heavy atom. The van der Waals surface area contributed by atoms with Crippen LogP contribution in [-0.2, 0) is 20.7 Å². The fourth-order valence-corrected chi connectivity index (χ4v) is 3.20. The zero-order valence-electron chi connectivity index (χ0n) is 19.4. The van der Waals surface area contributed by atoms with Crippen molar-refractivity contribution in [2.24, 2.45) is 0 Å². The Labute approximate surface area is 202 Å². The number of benzene rings is 3. The molecule has 0 spiro atoms. The van der Waals surface area contributed by atoms with Crippen LogP contribution in [0.15, 0.2) is 66.7 Å². The summed E-state index contributed by atoms with van der Waals surface area (Å²) in [7, 11) is 2.97. The van der Waals surface area contributed by atoms with Crippen molar-refractivity contribution in [1.29, 1.82) is 0 Å². The third-order valence-electron chi connectivity index (χ3n) is 5.01. The highest BCUT2D eigenvalue weighted by Gasteiger charge is 2.12. The molecular weight excluding hydrogens is 452 g/mol. The quantitative estimate of drug-likeness (QED) is 0.379. The molecule has 0 heterocycles. The Hall–Kier alpha value is -4.53. The van der Waals surface area contributed by atoms with E-state index in [2.05, 4.69) is 10.6 Å². The van der Waals surface area contributed by atoms with E-state index in [0.717, 1.165) is 5.56 Å². The van der Waals surface area contributed by atoms with Crippen LogP contribution in [0.4, 0.5) is 11.4 Å². The van der Waals surface area contributed by atoms with E-state index >= 15 is 0 Å². The summed E-state index contributed by atoms with van der Waals surface area (Å²) in [6.45, 7) is -0.442. The number of phenolic OH excluding ortho intramolecular Hbond substituents is 1. The monoisotopic (exact) mass is 478 g/mol. The van der Waals surface area contributed by atoms with Crippen LogP contribution in [-0.4, -0.2) is 43.7 Å². The van der Waals surface area contributed by atoms with Gasteiger partial charge in [-0.2, -0.15) is 0 Å². The Balaban J connectivity index is 1.44. The van der Waals surface area contributed by atoms with E-state index < -0.39 is 18.5 Å². The van der Waals surface area contributed by atoms with Crippen LogP contribution in [0.3, 0.4) is 0 Å². The van der Waals surface area contributed by atoms with Gasteiger partial charge in [0.1, 0.15) is 5.75 Å². The van der Waals surface area contributed by atoms with E-state index in [1.807, 2.05) is 0 Å². The lowest BCUT2D eigenvalue weighted by molar-refractivity contribution is -0.147. The minimum absolute atomic E-state index is 0.0129. The van der Waals surface area contributed by atoms with Crippen LogP contribution in [0, 0.1) is 0 Å². The lowest BCUT2D eigenvalue weighted by atomic mass is 10.1. The first kappa shape index (κ1) is 25.1. The molecule has 2 amide bonds. The number of methoxy groups -OCH3 is 2. The number of anilines is 2. The number of amides is 2. The van der Waals surface area contributed by atoms with E-state index in [-0.39, 0.29) is 18.1 Å². The second kappa shape index (κ2) is 12.1. The second-order valence-corrected chi connectivity index (χ2v) is 7.45. The van der Waals surface area contributed by atoms with E-state index in [0.29, 0.717) is 34.9 Å². The maximum Gasteiger partial charge on any atom is 0.306 e. The molecule has 0 aliphatic carbocycles. The minimum atomic E-state index is -0.543. The van der Waals surface area contributed by atoms with Crippen LogP contribution >= 0.6 is 0 Å². The molecule has 35 heavy (non-hydrogen) atoms. The number of para-hydroxylation sites is 2. The van der Waals surface area contributed by atoms with E-state index in [1.54, 1.807) is 60.7 Å². The van der Waals surface area contributed by atoms with Crippen molar-refractivity contribution in [2.45, 2.75) is 12.8 Å². The fraction of sp³-hybridized carbons (Fsp3) is 0.192. The van der Waals surface area contributed by atoms with Gasteiger partial charge in [0.15, 0.2) is 18.1 Å². The molecule has 0 saturated carbocycles. The molecule has 0 aromatic heterocycles. The second-order valence-electron chi connectivity index (χ2n) is 7.45. The number of hydrogen-bond acceptors (Lipinski definition) is 7. The van der Waals surface area contributed by atoms with E-state index in [4.69, 9.17) is 14.2 Å². The number of nitrogens with one attached hydrogen (secondary N) is 2. The van der Waals surface area contributed by atoms with Gasteiger partial charge in [-0.15, -0.1) is 0 Å². The molecule has 3 N–H and O–H groups in total. The topological polar surface area (TPSA) is 123 Å². The summed E-state index contributed by atoms with van der Waals surface area (Å²) in [4.78, 5) is 36.5. The van der Waals surface area contributed by atoms with Gasteiger partial charge in [-0.1, -0.05) is 18.2 Å². The number of carbonyl (C=O) groups is 3. The molecule has 0 aliphatic rings. The van der Waals surface area contributed by atoms with Crippen molar-refractivity contribution in [3.63, 3.8) is 0 Å². The lowest BCUT2D eigenvalue weighted by Crippen LogP contribution is -2.21. The summed E-state index contributed by atoms with van der Waals surface area (Å²) in [6, 6.07) is 18.2. The third kappa shape index (κ3) is 7.23. The summed E-state index contributed by atoms with van der Waals surface area (Å²) in [5.41, 5.74) is 2.13. The van der Waals surface area contributed by atoms with E-state index in [9.17, 15) is 19.5 Å². The van der Waals surface area contributed by atoms with Gasteiger partial charge in [-0.05, 0) is 60.5 Å². The number of aromatic hydroxyl groups is 1. The SMILES string of the molecule is COc1ccc(CCC(=O)OCC(=O)Nc2ccc(C(=O)Nc3ccccc3OC)cc2)cc1O. The molecule has 0 radical (unpaired) electrons. The number of phenols is 1. The third-order valence-corrected chi connectivity index (χ3v) is 5.01. The minimum Gasteiger partial charge on any atom is -0.504 e. The van der Waals surface area contributed by atoms with Gasteiger partial charge in [-0.3, -0.25) is 14.4 Å². The number of ether oxygens (including phenoxy) is 3. The van der Waals surface area contributed by atoms with Crippen molar-refractivity contribution >= 4 is 29.2 Å². The van der Waals surface area contributed by atoms with Gasteiger partial charge < -0.3 is 30.0 Å². The van der Waals surface area contributed by atoms with Crippen LogP contribution in [0.1, 0.15) is 22.3 Å². The largest absolute Gasteiger partial charge is 0.504 e. The highest BCUT2D eigenvalue weighted by Crippen LogP contribution is 2.27. The first-order valence-corrected chi connectivity index (χ1v) is 10.8. The maximum atomic E-state index is 12.5. The normalized spacial score (nSPS) is 10.2. The Morgan fingerprint density at radius 2 is 1.57 bits per heavy atom. The predicted molar refractivity (Wildman–Crippen MR) is 130 cm³/mol. The van der Waals surface area contributed by atoms with Gasteiger partial charge in [0, 0.05) is 17.7 Å². The van der Waals surface area contributed by atoms with Crippen molar-refractivity contribution in [1.82, 2.24) is 0 Å². The van der Waals surface area contributed by atoms with Crippen LogP contribution in [0.2, 0.25) is 0 Å². The number of esters is 1. The van der Waals surface area contributed by atoms with Crippen molar-refractivity contribution < 1.29 is 33.7 Å². The molecule has 0 saturated heterocycles. The number of rotatable bonds is 10. The summed E-state index contributed by atoms with van der Waals surface area (Å²) < 4.78 is 15.2. The molecule has 182 valence electrons. The van der Waals surface area contributed by atoms with Crippen LogP contribution in [0.25, 0.3) is 0 Å².